The first kappa shape index (κ1) is 23.0. The van der Waals surface area contributed by atoms with Gasteiger partial charge in [-0.25, -0.2) is 4.98 Å². The summed E-state index contributed by atoms with van der Waals surface area (Å²) < 4.78 is 0. The molecule has 2 heterocycles. The van der Waals surface area contributed by atoms with Gasteiger partial charge in [0.15, 0.2) is 0 Å². The van der Waals surface area contributed by atoms with Crippen LogP contribution in [0.1, 0.15) is 50.9 Å². The normalized spacial score (nSPS) is 13.8. The zero-order valence-electron chi connectivity index (χ0n) is 18.3. The lowest BCUT2D eigenvalue weighted by Gasteiger charge is -2.29. The first-order chi connectivity index (χ1) is 16.0. The number of halogens is 1. The van der Waals surface area contributed by atoms with Gasteiger partial charge in [-0.05, 0) is 55.2 Å². The monoisotopic (exact) mass is 477 g/mol. The van der Waals surface area contributed by atoms with E-state index in [0.29, 0.717) is 30.4 Å². The first-order valence-electron chi connectivity index (χ1n) is 10.8. The second kappa shape index (κ2) is 10.7. The summed E-state index contributed by atoms with van der Waals surface area (Å²) in [5.41, 5.74) is 3.33. The van der Waals surface area contributed by atoms with Gasteiger partial charge in [0.25, 0.3) is 11.8 Å². The third-order valence-electron chi connectivity index (χ3n) is 5.72. The maximum Gasteiger partial charge on any atom is 0.298 e. The number of hydrogen-bond donors (Lipinski definition) is 1. The molecule has 2 amide bonds. The van der Waals surface area contributed by atoms with E-state index in [0.717, 1.165) is 34.5 Å². The Morgan fingerprint density at radius 3 is 2.67 bits per heavy atom. The Balaban J connectivity index is 1.29. The summed E-state index contributed by atoms with van der Waals surface area (Å²) in [5.74, 6) is 5.59. The van der Waals surface area contributed by atoms with Gasteiger partial charge in [-0.1, -0.05) is 41.8 Å². The minimum absolute atomic E-state index is 0.144. The van der Waals surface area contributed by atoms with E-state index in [9.17, 15) is 9.59 Å². The molecule has 1 aliphatic rings. The lowest BCUT2D eigenvalue weighted by atomic mass is 9.97. The van der Waals surface area contributed by atoms with Crippen molar-refractivity contribution in [3.63, 3.8) is 0 Å². The van der Waals surface area contributed by atoms with Crippen molar-refractivity contribution in [2.75, 3.05) is 13.1 Å². The Labute approximate surface area is 202 Å². The molecular formula is C26H24ClN3O2S. The summed E-state index contributed by atoms with van der Waals surface area (Å²) in [6.45, 7) is 3.69. The van der Waals surface area contributed by atoms with Crippen LogP contribution in [0.25, 0.3) is 0 Å². The van der Waals surface area contributed by atoms with Crippen LogP contribution in [0.3, 0.4) is 0 Å². The number of aryl methyl sites for hydroxylation is 1. The molecule has 1 aliphatic heterocycles. The highest BCUT2D eigenvalue weighted by Gasteiger charge is 2.25. The average molecular weight is 478 g/mol. The predicted octanol–water partition coefficient (Wildman–Crippen LogP) is 4.79. The van der Waals surface area contributed by atoms with Crippen LogP contribution in [-0.2, 0) is 11.3 Å². The molecule has 4 rings (SSSR count). The number of benzene rings is 2. The Bertz CT molecular complexity index is 1210. The van der Waals surface area contributed by atoms with Crippen molar-refractivity contribution in [3.05, 3.63) is 86.3 Å². The molecule has 5 nitrogen and oxygen atoms in total. The number of aromatic nitrogens is 1. The van der Waals surface area contributed by atoms with Gasteiger partial charge in [-0.3, -0.25) is 9.59 Å². The molecule has 0 unspecified atom stereocenters. The lowest BCUT2D eigenvalue weighted by molar-refractivity contribution is -0.126. The molecule has 7 heteroatoms. The number of thiazole rings is 1. The van der Waals surface area contributed by atoms with Crippen LogP contribution in [0.15, 0.2) is 53.9 Å². The molecule has 0 bridgehead atoms. The Morgan fingerprint density at radius 2 is 1.94 bits per heavy atom. The van der Waals surface area contributed by atoms with Gasteiger partial charge in [-0.2, -0.15) is 0 Å². The van der Waals surface area contributed by atoms with Crippen molar-refractivity contribution in [2.45, 2.75) is 32.2 Å². The van der Waals surface area contributed by atoms with Gasteiger partial charge in [0.05, 0.1) is 5.01 Å². The highest BCUT2D eigenvalue weighted by Crippen LogP contribution is 2.30. The first-order valence-corrected chi connectivity index (χ1v) is 12.1. The zero-order chi connectivity index (χ0) is 23.2. The fraction of sp³-hybridized carbons (Fsp3) is 0.269. The molecule has 168 valence electrons. The molecule has 1 aromatic heterocycles. The molecule has 0 aliphatic carbocycles. The van der Waals surface area contributed by atoms with Gasteiger partial charge in [0.2, 0.25) is 0 Å². The van der Waals surface area contributed by atoms with E-state index in [1.807, 2.05) is 60.8 Å². The molecule has 1 fully saturated rings. The van der Waals surface area contributed by atoms with E-state index in [1.165, 1.54) is 11.3 Å². The van der Waals surface area contributed by atoms with Crippen molar-refractivity contribution in [1.82, 2.24) is 15.2 Å². The molecule has 2 aromatic carbocycles. The minimum atomic E-state index is -0.185. The lowest BCUT2D eigenvalue weighted by Crippen LogP contribution is -2.37. The number of nitrogens with zero attached hydrogens (tertiary/aromatic N) is 2. The van der Waals surface area contributed by atoms with Crippen LogP contribution < -0.4 is 5.32 Å². The average Bonchev–Trinajstić information content (AvgIpc) is 3.33. The maximum absolute atomic E-state index is 12.6. The number of hydrogen-bond acceptors (Lipinski definition) is 4. The summed E-state index contributed by atoms with van der Waals surface area (Å²) in [7, 11) is 0. The van der Waals surface area contributed by atoms with Gasteiger partial charge in [-0.15, -0.1) is 11.3 Å². The molecule has 1 N–H and O–H groups in total. The number of nitrogens with one attached hydrogen (secondary N) is 1. The van der Waals surface area contributed by atoms with Crippen LogP contribution >= 0.6 is 22.9 Å². The summed E-state index contributed by atoms with van der Waals surface area (Å²) >= 11 is 7.50. The minimum Gasteiger partial charge on any atom is -0.347 e. The highest BCUT2D eigenvalue weighted by atomic mass is 35.5. The van der Waals surface area contributed by atoms with E-state index in [2.05, 4.69) is 22.1 Å². The number of piperidine rings is 1. The quantitative estimate of drug-likeness (QED) is 0.549. The third-order valence-corrected chi connectivity index (χ3v) is 6.96. The van der Waals surface area contributed by atoms with Gasteiger partial charge < -0.3 is 10.2 Å². The predicted molar refractivity (Wildman–Crippen MR) is 131 cm³/mol. The topological polar surface area (TPSA) is 62.3 Å². The molecule has 33 heavy (non-hydrogen) atoms. The summed E-state index contributed by atoms with van der Waals surface area (Å²) in [6.07, 6.45) is 1.63. The largest absolute Gasteiger partial charge is 0.347 e. The van der Waals surface area contributed by atoms with E-state index >= 15 is 0 Å². The second-order valence-corrected chi connectivity index (χ2v) is 9.33. The maximum atomic E-state index is 12.6. The molecular weight excluding hydrogens is 454 g/mol. The third kappa shape index (κ3) is 6.01. The van der Waals surface area contributed by atoms with Gasteiger partial charge >= 0.3 is 0 Å². The van der Waals surface area contributed by atoms with Gasteiger partial charge in [0, 0.05) is 47.4 Å². The van der Waals surface area contributed by atoms with Crippen molar-refractivity contribution in [1.29, 1.82) is 0 Å². The second-order valence-electron chi connectivity index (χ2n) is 8.01. The zero-order valence-corrected chi connectivity index (χ0v) is 19.9. The molecule has 0 saturated carbocycles. The van der Waals surface area contributed by atoms with Crippen molar-refractivity contribution in [3.8, 4) is 11.8 Å². The standard InChI is InChI=1S/C26H24ClN3O2S/c1-18-15-22(27)9-8-21(18)16-28-25(32)23-17-33-26(29-23)20-11-13-30(14-12-20)24(31)10-7-19-5-3-2-4-6-19/h2-6,8-9,15,17,20H,11-14,16H2,1H3,(H,28,32). The number of rotatable bonds is 4. The number of carbonyl (C=O) groups excluding carboxylic acids is 2. The number of likely N-dealkylation sites (tertiary alicyclic amines) is 1. The Kier molecular flexibility index (Phi) is 7.43. The van der Waals surface area contributed by atoms with Crippen molar-refractivity contribution >= 4 is 34.8 Å². The molecule has 0 radical (unpaired) electrons. The van der Waals surface area contributed by atoms with Crippen LogP contribution in [-0.4, -0.2) is 34.8 Å². The van der Waals surface area contributed by atoms with Crippen LogP contribution in [0.2, 0.25) is 5.02 Å². The Hall–Kier alpha value is -3.14. The van der Waals surface area contributed by atoms with E-state index in [1.54, 1.807) is 4.90 Å². The van der Waals surface area contributed by atoms with Crippen molar-refractivity contribution < 1.29 is 9.59 Å². The highest BCUT2D eigenvalue weighted by molar-refractivity contribution is 7.09. The summed E-state index contributed by atoms with van der Waals surface area (Å²) in [5, 5.41) is 6.38. The SMILES string of the molecule is Cc1cc(Cl)ccc1CNC(=O)c1csc(C2CCN(C(=O)C#Cc3ccccc3)CC2)n1. The fourth-order valence-electron chi connectivity index (χ4n) is 3.76. The fourth-order valence-corrected chi connectivity index (χ4v) is 4.96. The molecule has 3 aromatic rings. The van der Waals surface area contributed by atoms with Crippen LogP contribution in [0.5, 0.6) is 0 Å². The number of carbonyl (C=O) groups is 2. The van der Waals surface area contributed by atoms with E-state index < -0.39 is 0 Å². The van der Waals surface area contributed by atoms with E-state index in [-0.39, 0.29) is 17.7 Å². The summed E-state index contributed by atoms with van der Waals surface area (Å²) in [6, 6.07) is 15.1. The Morgan fingerprint density at radius 1 is 1.18 bits per heavy atom. The molecule has 1 saturated heterocycles. The van der Waals surface area contributed by atoms with Crippen LogP contribution in [0, 0.1) is 18.8 Å². The molecule has 0 atom stereocenters. The van der Waals surface area contributed by atoms with E-state index in [4.69, 9.17) is 11.6 Å². The van der Waals surface area contributed by atoms with Gasteiger partial charge in [0.1, 0.15) is 5.69 Å². The van der Waals surface area contributed by atoms with Crippen LogP contribution in [0.4, 0.5) is 0 Å². The molecule has 0 spiro atoms. The van der Waals surface area contributed by atoms with Crippen molar-refractivity contribution in [2.24, 2.45) is 0 Å². The summed E-state index contributed by atoms with van der Waals surface area (Å²) in [4.78, 5) is 31.4. The number of amides is 2. The smallest absolute Gasteiger partial charge is 0.298 e.